The van der Waals surface area contributed by atoms with Crippen molar-refractivity contribution in [2.24, 2.45) is 0 Å². The van der Waals surface area contributed by atoms with E-state index in [1.165, 1.54) is 6.20 Å². The van der Waals surface area contributed by atoms with E-state index < -0.39 is 5.97 Å². The molecule has 3 aromatic rings. The van der Waals surface area contributed by atoms with Crippen molar-refractivity contribution in [1.29, 1.82) is 0 Å². The van der Waals surface area contributed by atoms with E-state index >= 15 is 0 Å². The molecule has 0 aromatic heterocycles. The lowest BCUT2D eigenvalue weighted by Crippen LogP contribution is -2.16. The van der Waals surface area contributed by atoms with Gasteiger partial charge in [0.1, 0.15) is 0 Å². The van der Waals surface area contributed by atoms with Crippen LogP contribution in [0.15, 0.2) is 84.8 Å². The standard InChI is InChI=1S/C22H19NO3/c1-23(2)15-20(26-22(25)17-10-4-3-5-11-17)21(24)19-14-8-12-16-9-6-7-13-18(16)19/h3-15H,1-2H3/b20-15-. The van der Waals surface area contributed by atoms with Gasteiger partial charge in [0.25, 0.3) is 0 Å². The molecule has 0 radical (unpaired) electrons. The first-order chi connectivity index (χ1) is 12.6. The Morgan fingerprint density at radius 1 is 0.846 bits per heavy atom. The minimum Gasteiger partial charge on any atom is -0.417 e. The van der Waals surface area contributed by atoms with Crippen molar-refractivity contribution in [3.63, 3.8) is 0 Å². The van der Waals surface area contributed by atoms with Gasteiger partial charge in [-0.25, -0.2) is 4.79 Å². The molecular formula is C22H19NO3. The molecule has 0 saturated heterocycles. The third-order valence-corrected chi connectivity index (χ3v) is 3.85. The summed E-state index contributed by atoms with van der Waals surface area (Å²) in [6.07, 6.45) is 1.52. The van der Waals surface area contributed by atoms with Gasteiger partial charge in [-0.05, 0) is 22.9 Å². The van der Waals surface area contributed by atoms with Crippen LogP contribution in [0.3, 0.4) is 0 Å². The Hall–Kier alpha value is -3.40. The molecule has 4 heteroatoms. The summed E-state index contributed by atoms with van der Waals surface area (Å²) in [4.78, 5) is 27.2. The normalized spacial score (nSPS) is 11.2. The molecule has 130 valence electrons. The molecule has 0 fully saturated rings. The molecule has 0 saturated carbocycles. The molecule has 3 aromatic carbocycles. The van der Waals surface area contributed by atoms with Crippen molar-refractivity contribution >= 4 is 22.5 Å². The predicted molar refractivity (Wildman–Crippen MR) is 102 cm³/mol. The highest BCUT2D eigenvalue weighted by Crippen LogP contribution is 2.22. The highest BCUT2D eigenvalue weighted by atomic mass is 16.5. The first kappa shape index (κ1) is 17.4. The molecule has 4 nitrogen and oxygen atoms in total. The molecule has 26 heavy (non-hydrogen) atoms. The van der Waals surface area contributed by atoms with Crippen LogP contribution in [-0.2, 0) is 4.74 Å². The summed E-state index contributed by atoms with van der Waals surface area (Å²) in [5.41, 5.74) is 0.889. The summed E-state index contributed by atoms with van der Waals surface area (Å²) >= 11 is 0. The number of nitrogens with zero attached hydrogens (tertiary/aromatic N) is 1. The molecule has 0 bridgehead atoms. The van der Waals surface area contributed by atoms with Crippen LogP contribution in [0.1, 0.15) is 20.7 Å². The van der Waals surface area contributed by atoms with Crippen LogP contribution in [0.2, 0.25) is 0 Å². The van der Waals surface area contributed by atoms with Gasteiger partial charge in [-0.1, -0.05) is 60.7 Å². The highest BCUT2D eigenvalue weighted by molar-refractivity contribution is 6.16. The van der Waals surface area contributed by atoms with Crippen molar-refractivity contribution in [3.8, 4) is 0 Å². The Labute approximate surface area is 152 Å². The van der Waals surface area contributed by atoms with Gasteiger partial charge < -0.3 is 9.64 Å². The van der Waals surface area contributed by atoms with Crippen LogP contribution >= 0.6 is 0 Å². The quantitative estimate of drug-likeness (QED) is 0.300. The molecule has 3 rings (SSSR count). The summed E-state index contributed by atoms with van der Waals surface area (Å²) in [5, 5.41) is 1.78. The van der Waals surface area contributed by atoms with Crippen LogP contribution in [0, 0.1) is 0 Å². The number of carbonyl (C=O) groups excluding carboxylic acids is 2. The molecule has 0 amide bonds. The maximum absolute atomic E-state index is 13.1. The molecule has 0 heterocycles. The smallest absolute Gasteiger partial charge is 0.343 e. The number of esters is 1. The number of hydrogen-bond donors (Lipinski definition) is 0. The van der Waals surface area contributed by atoms with Crippen LogP contribution in [0.5, 0.6) is 0 Å². The minimum absolute atomic E-state index is 0.0137. The fraction of sp³-hybridized carbons (Fsp3) is 0.0909. The van der Waals surface area contributed by atoms with Crippen LogP contribution in [0.25, 0.3) is 10.8 Å². The van der Waals surface area contributed by atoms with Gasteiger partial charge in [0, 0.05) is 25.9 Å². The molecule has 0 unspecified atom stereocenters. The molecule has 0 aliphatic rings. The van der Waals surface area contributed by atoms with Gasteiger partial charge in [0.05, 0.1) is 5.56 Å². The average molecular weight is 345 g/mol. The zero-order valence-corrected chi connectivity index (χ0v) is 14.7. The monoisotopic (exact) mass is 345 g/mol. The SMILES string of the molecule is CN(C)/C=C(\OC(=O)c1ccccc1)C(=O)c1cccc2ccccc12. The molecule has 0 spiro atoms. The van der Waals surface area contributed by atoms with Crippen molar-refractivity contribution in [2.45, 2.75) is 0 Å². The second kappa shape index (κ2) is 7.66. The Bertz CT molecular complexity index is 970. The van der Waals surface area contributed by atoms with E-state index in [-0.39, 0.29) is 11.5 Å². The largest absolute Gasteiger partial charge is 0.417 e. The second-order valence-electron chi connectivity index (χ2n) is 6.07. The molecule has 0 N–H and O–H groups in total. The zero-order valence-electron chi connectivity index (χ0n) is 14.7. The van der Waals surface area contributed by atoms with Gasteiger partial charge in [-0.2, -0.15) is 0 Å². The average Bonchev–Trinajstić information content (AvgIpc) is 2.66. The fourth-order valence-corrected chi connectivity index (χ4v) is 2.66. The number of benzene rings is 3. The topological polar surface area (TPSA) is 46.6 Å². The first-order valence-corrected chi connectivity index (χ1v) is 8.24. The third-order valence-electron chi connectivity index (χ3n) is 3.85. The molecule has 0 aliphatic heterocycles. The fourth-order valence-electron chi connectivity index (χ4n) is 2.66. The van der Waals surface area contributed by atoms with Crippen molar-refractivity contribution in [1.82, 2.24) is 4.90 Å². The number of fused-ring (bicyclic) bond motifs is 1. The van der Waals surface area contributed by atoms with Gasteiger partial charge in [0.2, 0.25) is 5.78 Å². The molecule has 0 aliphatic carbocycles. The highest BCUT2D eigenvalue weighted by Gasteiger charge is 2.20. The maximum Gasteiger partial charge on any atom is 0.343 e. The van der Waals surface area contributed by atoms with Gasteiger partial charge in [0.15, 0.2) is 5.76 Å². The molecule has 0 atom stereocenters. The van der Waals surface area contributed by atoms with Crippen LogP contribution in [-0.4, -0.2) is 30.7 Å². The summed E-state index contributed by atoms with van der Waals surface area (Å²) in [7, 11) is 3.54. The summed E-state index contributed by atoms with van der Waals surface area (Å²) in [5.74, 6) is -0.910. The predicted octanol–water partition coefficient (Wildman–Crippen LogP) is 4.28. The van der Waals surface area contributed by atoms with Gasteiger partial charge >= 0.3 is 5.97 Å². The van der Waals surface area contributed by atoms with Crippen molar-refractivity contribution in [3.05, 3.63) is 95.9 Å². The third kappa shape index (κ3) is 3.81. The van der Waals surface area contributed by atoms with E-state index in [9.17, 15) is 9.59 Å². The van der Waals surface area contributed by atoms with Crippen molar-refractivity contribution in [2.75, 3.05) is 14.1 Å². The Kier molecular flexibility index (Phi) is 5.13. The summed E-state index contributed by atoms with van der Waals surface area (Å²) < 4.78 is 5.44. The lowest BCUT2D eigenvalue weighted by Gasteiger charge is -2.13. The van der Waals surface area contributed by atoms with Gasteiger partial charge in [-0.15, -0.1) is 0 Å². The molecular weight excluding hydrogens is 326 g/mol. The zero-order chi connectivity index (χ0) is 18.5. The first-order valence-electron chi connectivity index (χ1n) is 8.24. The summed E-state index contributed by atoms with van der Waals surface area (Å²) in [6, 6.07) is 21.7. The maximum atomic E-state index is 13.1. The van der Waals surface area contributed by atoms with E-state index in [0.29, 0.717) is 11.1 Å². The van der Waals surface area contributed by atoms with E-state index in [4.69, 9.17) is 4.74 Å². The number of ketones is 1. The summed E-state index contributed by atoms with van der Waals surface area (Å²) in [6.45, 7) is 0. The lowest BCUT2D eigenvalue weighted by atomic mass is 10.0. The Balaban J connectivity index is 1.97. The van der Waals surface area contributed by atoms with E-state index in [0.717, 1.165) is 10.8 Å². The Morgan fingerprint density at radius 2 is 1.50 bits per heavy atom. The van der Waals surface area contributed by atoms with Crippen LogP contribution < -0.4 is 0 Å². The van der Waals surface area contributed by atoms with E-state index in [1.807, 2.05) is 42.5 Å². The van der Waals surface area contributed by atoms with E-state index in [2.05, 4.69) is 0 Å². The number of Topliss-reactive ketones (excluding diaryl/α,β-unsaturated/α-hetero) is 1. The van der Waals surface area contributed by atoms with E-state index in [1.54, 1.807) is 49.3 Å². The minimum atomic E-state index is -0.563. The number of rotatable bonds is 5. The Morgan fingerprint density at radius 3 is 2.23 bits per heavy atom. The second-order valence-corrected chi connectivity index (χ2v) is 6.07. The van der Waals surface area contributed by atoms with Crippen LogP contribution in [0.4, 0.5) is 0 Å². The van der Waals surface area contributed by atoms with Crippen molar-refractivity contribution < 1.29 is 14.3 Å². The number of allylic oxidation sites excluding steroid dienone is 1. The number of ether oxygens (including phenoxy) is 1. The lowest BCUT2D eigenvalue weighted by molar-refractivity contribution is 0.0584. The number of carbonyl (C=O) groups is 2. The number of hydrogen-bond acceptors (Lipinski definition) is 4. The van der Waals surface area contributed by atoms with Gasteiger partial charge in [-0.3, -0.25) is 4.79 Å².